The zero-order valence-electron chi connectivity index (χ0n) is 45.1. The van der Waals surface area contributed by atoms with Gasteiger partial charge in [-0.15, -0.1) is 0 Å². The van der Waals surface area contributed by atoms with Gasteiger partial charge in [-0.3, -0.25) is 4.79 Å². The molecule has 23 nitrogen and oxygen atoms in total. The van der Waals surface area contributed by atoms with E-state index < -0.39 is 166 Å². The van der Waals surface area contributed by atoms with Crippen LogP contribution in [0.25, 0.3) is 0 Å². The van der Waals surface area contributed by atoms with Gasteiger partial charge in [-0.1, -0.05) is 39.8 Å². The second kappa shape index (κ2) is 22.2. The number of carbonyl (C=O) groups excluding carboxylic acids is 1. The minimum absolute atomic E-state index is 0.00860. The van der Waals surface area contributed by atoms with E-state index in [4.69, 9.17) is 37.9 Å². The second-order valence-corrected chi connectivity index (χ2v) is 25.6. The highest BCUT2D eigenvalue weighted by Crippen LogP contribution is 2.78. The molecule has 4 saturated heterocycles. The summed E-state index contributed by atoms with van der Waals surface area (Å²) in [6.45, 7) is 14.7. The molecule has 5 saturated carbocycles. The van der Waals surface area contributed by atoms with Crippen molar-refractivity contribution >= 4 is 5.97 Å². The fraction of sp³-hybridized carbons (Fsp3) is 0.944. The van der Waals surface area contributed by atoms with Crippen LogP contribution in [-0.4, -0.2) is 233 Å². The van der Waals surface area contributed by atoms with E-state index >= 15 is 4.79 Å². The predicted octanol–water partition coefficient (Wildman–Crippen LogP) is -2.18. The number of carbonyl (C=O) groups is 1. The van der Waals surface area contributed by atoms with Crippen molar-refractivity contribution in [2.75, 3.05) is 26.4 Å². The smallest absolute Gasteiger partial charge is 0.314 e. The van der Waals surface area contributed by atoms with Gasteiger partial charge in [0.25, 0.3) is 0 Å². The van der Waals surface area contributed by atoms with Gasteiger partial charge >= 0.3 is 5.97 Å². The molecule has 9 fully saturated rings. The molecule has 14 N–H and O–H groups in total. The fourth-order valence-corrected chi connectivity index (χ4v) is 17.3. The van der Waals surface area contributed by atoms with Crippen LogP contribution in [0.5, 0.6) is 0 Å². The maximum atomic E-state index is 15.1. The molecule has 23 heteroatoms. The van der Waals surface area contributed by atoms with Gasteiger partial charge in [-0.05, 0) is 124 Å². The standard InChI is InChI=1S/C54H88O23/c1-22(2)24-10-15-54(49(69)77-48-42(67)38(63)35(60)28(74-48)20-70-45-43(68)39(64)44(27(19-56)73-45)76-46-40(65)36(61)33(58)23(3)71-46)17-16-52(6)25(32(24)54)8-9-30-50(4)13-12-31(51(5,21-57)29(50)11-14-53(30,52)7)75-47-41(66)37(62)34(59)26(18-55)72-47/h23-48,55-68H,1,8-21H2,2-7H3. The van der Waals surface area contributed by atoms with Gasteiger partial charge in [-0.2, -0.15) is 0 Å². The van der Waals surface area contributed by atoms with Crippen LogP contribution in [0.2, 0.25) is 0 Å². The van der Waals surface area contributed by atoms with Crippen LogP contribution in [0.1, 0.15) is 106 Å². The molecule has 0 amide bonds. The summed E-state index contributed by atoms with van der Waals surface area (Å²) >= 11 is 0. The lowest BCUT2D eigenvalue weighted by Gasteiger charge is -2.73. The number of hydrogen-bond donors (Lipinski definition) is 14. The van der Waals surface area contributed by atoms with Crippen LogP contribution in [0.15, 0.2) is 12.2 Å². The van der Waals surface area contributed by atoms with Crippen molar-refractivity contribution in [1.29, 1.82) is 0 Å². The van der Waals surface area contributed by atoms with E-state index in [1.54, 1.807) is 0 Å². The van der Waals surface area contributed by atoms with Crippen LogP contribution < -0.4 is 0 Å². The summed E-state index contributed by atoms with van der Waals surface area (Å²) in [7, 11) is 0. The van der Waals surface area contributed by atoms with Crippen LogP contribution in [0.3, 0.4) is 0 Å². The predicted molar refractivity (Wildman–Crippen MR) is 263 cm³/mol. The normalized spacial score (nSPS) is 55.8. The number of ether oxygens (including phenoxy) is 8. The maximum absolute atomic E-state index is 15.1. The molecule has 0 bridgehead atoms. The highest BCUT2D eigenvalue weighted by atomic mass is 16.8. The van der Waals surface area contributed by atoms with Gasteiger partial charge in [0.1, 0.15) is 91.6 Å². The van der Waals surface area contributed by atoms with Gasteiger partial charge in [0, 0.05) is 5.41 Å². The Hall–Kier alpha value is -1.63. The number of rotatable bonds is 13. The highest BCUT2D eigenvalue weighted by molar-refractivity contribution is 5.78. The third-order valence-electron chi connectivity index (χ3n) is 21.9. The third-order valence-corrected chi connectivity index (χ3v) is 21.9. The van der Waals surface area contributed by atoms with Gasteiger partial charge in [0.15, 0.2) is 18.9 Å². The molecule has 0 radical (unpaired) electrons. The first-order valence-electron chi connectivity index (χ1n) is 27.9. The summed E-state index contributed by atoms with van der Waals surface area (Å²) in [5.41, 5.74) is -1.59. The summed E-state index contributed by atoms with van der Waals surface area (Å²) in [4.78, 5) is 15.1. The van der Waals surface area contributed by atoms with Crippen LogP contribution in [-0.2, 0) is 42.7 Å². The highest BCUT2D eigenvalue weighted by Gasteiger charge is 2.73. The number of esters is 1. The monoisotopic (exact) mass is 1100 g/mol. The minimum Gasteiger partial charge on any atom is -0.432 e. The minimum atomic E-state index is -1.89. The Kier molecular flexibility index (Phi) is 17.3. The molecular formula is C54H88O23. The maximum Gasteiger partial charge on any atom is 0.314 e. The van der Waals surface area contributed by atoms with Crippen LogP contribution >= 0.6 is 0 Å². The van der Waals surface area contributed by atoms with Gasteiger partial charge < -0.3 is 109 Å². The molecule has 31 unspecified atom stereocenters. The van der Waals surface area contributed by atoms with E-state index in [-0.39, 0.29) is 52.4 Å². The molecule has 4 heterocycles. The van der Waals surface area contributed by atoms with E-state index in [1.807, 2.05) is 13.8 Å². The molecule has 9 aliphatic rings. The van der Waals surface area contributed by atoms with Crippen LogP contribution in [0.4, 0.5) is 0 Å². The zero-order valence-corrected chi connectivity index (χ0v) is 45.1. The van der Waals surface area contributed by atoms with Gasteiger partial charge in [0.05, 0.1) is 44.1 Å². The van der Waals surface area contributed by atoms with E-state index in [9.17, 15) is 71.5 Å². The Labute approximate surface area is 449 Å². The molecule has 4 aliphatic heterocycles. The first-order valence-corrected chi connectivity index (χ1v) is 27.9. The van der Waals surface area contributed by atoms with E-state index in [1.165, 1.54) is 6.92 Å². The molecule has 0 aromatic heterocycles. The van der Waals surface area contributed by atoms with Crippen LogP contribution in [0, 0.1) is 56.7 Å². The number of allylic oxidation sites excluding steroid dienone is 1. The van der Waals surface area contributed by atoms with Crippen molar-refractivity contribution in [1.82, 2.24) is 0 Å². The first kappa shape index (κ1) is 60.0. The van der Waals surface area contributed by atoms with Gasteiger partial charge in [-0.25, -0.2) is 0 Å². The molecule has 5 aliphatic carbocycles. The second-order valence-electron chi connectivity index (χ2n) is 25.6. The van der Waals surface area contributed by atoms with Crippen molar-refractivity contribution in [2.24, 2.45) is 56.7 Å². The fourth-order valence-electron chi connectivity index (χ4n) is 17.3. The van der Waals surface area contributed by atoms with E-state index in [0.717, 1.165) is 37.7 Å². The van der Waals surface area contributed by atoms with E-state index in [2.05, 4.69) is 27.4 Å². The Morgan fingerprint density at radius 3 is 1.78 bits per heavy atom. The first-order chi connectivity index (χ1) is 36.2. The quantitative estimate of drug-likeness (QED) is 0.0530. The van der Waals surface area contributed by atoms with Crippen molar-refractivity contribution in [3.05, 3.63) is 12.2 Å². The number of fused-ring (bicyclic) bond motifs is 7. The Morgan fingerprint density at radius 2 is 1.14 bits per heavy atom. The molecule has 77 heavy (non-hydrogen) atoms. The lowest BCUT2D eigenvalue weighted by atomic mass is 9.32. The van der Waals surface area contributed by atoms with Crippen molar-refractivity contribution in [3.8, 4) is 0 Å². The number of hydrogen-bond acceptors (Lipinski definition) is 23. The van der Waals surface area contributed by atoms with E-state index in [0.29, 0.717) is 32.1 Å². The lowest BCUT2D eigenvalue weighted by Crippen LogP contribution is -2.68. The molecule has 0 aromatic rings. The SMILES string of the molecule is C=C(C)C1CCC2(C(=O)OC3OC(COC4OC(CO)C(OC5OC(C)C(O)C(O)C5O)C(O)C4O)C(O)C(O)C3O)CCC3(C)C(CCC4C5(C)CCC(OC6OC(CO)C(O)C(O)C6O)C(C)(CO)C5CCC43C)C12. The molecule has 0 aromatic carbocycles. The average molecular weight is 1110 g/mol. The molecule has 442 valence electrons. The molecular weight excluding hydrogens is 1020 g/mol. The van der Waals surface area contributed by atoms with Crippen molar-refractivity contribution < 1.29 is 114 Å². The lowest BCUT2D eigenvalue weighted by molar-refractivity contribution is -0.361. The summed E-state index contributed by atoms with van der Waals surface area (Å²) in [6.07, 6.45) is -25.6. The summed E-state index contributed by atoms with van der Waals surface area (Å²) in [5.74, 6) is -0.592. The number of aliphatic hydroxyl groups excluding tert-OH is 14. The number of aliphatic hydroxyl groups is 14. The summed E-state index contributed by atoms with van der Waals surface area (Å²) in [6, 6.07) is 0. The molecule has 31 atom stereocenters. The molecule has 0 spiro atoms. The average Bonchev–Trinajstić information content (AvgIpc) is 3.83. The van der Waals surface area contributed by atoms with Crippen molar-refractivity contribution in [2.45, 2.75) is 235 Å². The van der Waals surface area contributed by atoms with Crippen molar-refractivity contribution in [3.63, 3.8) is 0 Å². The zero-order chi connectivity index (χ0) is 56.2. The Bertz CT molecular complexity index is 2090. The summed E-state index contributed by atoms with van der Waals surface area (Å²) in [5, 5.41) is 150. The topological polar surface area (TPSA) is 374 Å². The Morgan fingerprint density at radius 1 is 0.558 bits per heavy atom. The largest absolute Gasteiger partial charge is 0.432 e. The Balaban J connectivity index is 0.886. The van der Waals surface area contributed by atoms with Gasteiger partial charge in [0.2, 0.25) is 6.29 Å². The third kappa shape index (κ3) is 9.61. The molecule has 9 rings (SSSR count). The summed E-state index contributed by atoms with van der Waals surface area (Å²) < 4.78 is 47.1.